The van der Waals surface area contributed by atoms with E-state index < -0.39 is 6.10 Å². The smallest absolute Gasteiger partial charge is 0.282 e. The molecule has 0 saturated carbocycles. The van der Waals surface area contributed by atoms with E-state index in [1.165, 1.54) is 4.68 Å². The van der Waals surface area contributed by atoms with E-state index in [2.05, 4.69) is 38.0 Å². The first-order valence-electron chi connectivity index (χ1n) is 16.5. The van der Waals surface area contributed by atoms with E-state index in [1.807, 2.05) is 79.7 Å². The van der Waals surface area contributed by atoms with Crippen LogP contribution < -0.4 is 21.3 Å². The average Bonchev–Trinajstić information content (AvgIpc) is 3.29. The minimum atomic E-state index is -0.663. The van der Waals surface area contributed by atoms with Gasteiger partial charge in [0.1, 0.15) is 35.5 Å². The number of ether oxygens (including phenoxy) is 1. The Morgan fingerprint density at radius 1 is 1.02 bits per heavy atom. The summed E-state index contributed by atoms with van der Waals surface area (Å²) >= 11 is 0. The molecule has 0 amide bonds. The highest BCUT2D eigenvalue weighted by Crippen LogP contribution is 2.28. The van der Waals surface area contributed by atoms with Crippen LogP contribution in [0.3, 0.4) is 0 Å². The minimum Gasteiger partial charge on any atom is -0.491 e. The molecule has 0 bridgehead atoms. The lowest BCUT2D eigenvalue weighted by atomic mass is 9.88. The summed E-state index contributed by atoms with van der Waals surface area (Å²) in [6.07, 6.45) is 1.02. The maximum Gasteiger partial charge on any atom is 0.282 e. The summed E-state index contributed by atoms with van der Waals surface area (Å²) in [7, 11) is 1.78. The molecule has 0 aliphatic carbocycles. The summed E-state index contributed by atoms with van der Waals surface area (Å²) in [6, 6.07) is 22.7. The second-order valence-electron chi connectivity index (χ2n) is 13.7. The number of hydrogen-bond acceptors (Lipinski definition) is 8. The number of Topliss-reactive ketones (excluding diaryl/α,β-unsaturated/α-hetero) is 1. The van der Waals surface area contributed by atoms with Crippen molar-refractivity contribution < 1.29 is 14.6 Å². The second kappa shape index (κ2) is 14.6. The third-order valence-electron chi connectivity index (χ3n) is 9.00. The molecule has 0 radical (unpaired) electrons. The molecule has 2 atom stereocenters. The Hall–Kier alpha value is -5.06. The van der Waals surface area contributed by atoms with Gasteiger partial charge in [0.25, 0.3) is 5.56 Å². The largest absolute Gasteiger partial charge is 0.491 e. The van der Waals surface area contributed by atoms with Gasteiger partial charge in [0.2, 0.25) is 0 Å². The Labute approximate surface area is 287 Å². The SMILES string of the molecule is Cc1cccc(-n2c(=O)c(C(=O)Cc3ccc(-c4nc(-c5cccc(OCC(O)CNC(C)C(C)(C)C)c5)cnc4N)cc3)c(C)n2C)c1. The molecule has 10 nitrogen and oxygen atoms in total. The summed E-state index contributed by atoms with van der Waals surface area (Å²) in [5, 5.41) is 13.8. The molecule has 0 aliphatic heterocycles. The van der Waals surface area contributed by atoms with Crippen molar-refractivity contribution in [3.63, 3.8) is 0 Å². The third kappa shape index (κ3) is 8.16. The molecule has 49 heavy (non-hydrogen) atoms. The van der Waals surface area contributed by atoms with Gasteiger partial charge in [-0.3, -0.25) is 14.3 Å². The maximum absolute atomic E-state index is 13.4. The molecular formula is C39H46N6O4. The van der Waals surface area contributed by atoms with Crippen LogP contribution in [0.1, 0.15) is 54.9 Å². The summed E-state index contributed by atoms with van der Waals surface area (Å²) in [5.74, 6) is 0.634. The average molecular weight is 663 g/mol. The number of aromatic nitrogens is 4. The summed E-state index contributed by atoms with van der Waals surface area (Å²) in [4.78, 5) is 36.1. The molecule has 4 N–H and O–H groups in total. The number of aryl methyl sites for hydroxylation is 1. The van der Waals surface area contributed by atoms with Crippen LogP contribution >= 0.6 is 0 Å². The number of nitrogens with zero attached hydrogens (tertiary/aromatic N) is 4. The maximum atomic E-state index is 13.4. The van der Waals surface area contributed by atoms with Gasteiger partial charge in [0.15, 0.2) is 5.78 Å². The van der Waals surface area contributed by atoms with Crippen LogP contribution in [0.5, 0.6) is 5.75 Å². The number of ketones is 1. The molecule has 2 heterocycles. The fourth-order valence-corrected chi connectivity index (χ4v) is 5.50. The molecule has 0 fully saturated rings. The molecule has 10 heteroatoms. The lowest BCUT2D eigenvalue weighted by molar-refractivity contribution is 0.0985. The zero-order valence-corrected chi connectivity index (χ0v) is 29.3. The lowest BCUT2D eigenvalue weighted by Crippen LogP contribution is -2.42. The number of benzene rings is 3. The van der Waals surface area contributed by atoms with Crippen molar-refractivity contribution >= 4 is 11.6 Å². The fraction of sp³-hybridized carbons (Fsp3) is 0.333. The number of nitrogen functional groups attached to an aromatic ring is 1. The molecule has 0 spiro atoms. The molecule has 256 valence electrons. The Bertz CT molecular complexity index is 2010. The first-order chi connectivity index (χ1) is 23.2. The van der Waals surface area contributed by atoms with E-state index in [0.717, 1.165) is 22.3 Å². The van der Waals surface area contributed by atoms with Crippen molar-refractivity contribution in [3.05, 3.63) is 112 Å². The second-order valence-corrected chi connectivity index (χ2v) is 13.7. The Kier molecular flexibility index (Phi) is 10.5. The molecular weight excluding hydrogens is 616 g/mol. The monoisotopic (exact) mass is 662 g/mol. The van der Waals surface area contributed by atoms with Gasteiger partial charge >= 0.3 is 0 Å². The minimum absolute atomic E-state index is 0.0720. The molecule has 0 saturated heterocycles. The predicted octanol–water partition coefficient (Wildman–Crippen LogP) is 5.69. The van der Waals surface area contributed by atoms with Crippen molar-refractivity contribution in [2.24, 2.45) is 12.5 Å². The van der Waals surface area contributed by atoms with Crippen LogP contribution in [-0.4, -0.2) is 55.5 Å². The van der Waals surface area contributed by atoms with Crippen LogP contribution in [0.2, 0.25) is 0 Å². The van der Waals surface area contributed by atoms with Crippen molar-refractivity contribution in [3.8, 4) is 34.0 Å². The first kappa shape index (κ1) is 35.3. The summed E-state index contributed by atoms with van der Waals surface area (Å²) in [6.45, 7) is 12.9. The van der Waals surface area contributed by atoms with Crippen molar-refractivity contribution in [2.45, 2.75) is 60.1 Å². The van der Waals surface area contributed by atoms with E-state index in [0.29, 0.717) is 35.1 Å². The van der Waals surface area contributed by atoms with Crippen molar-refractivity contribution in [1.82, 2.24) is 24.6 Å². The van der Waals surface area contributed by atoms with Gasteiger partial charge in [-0.2, -0.15) is 0 Å². The van der Waals surface area contributed by atoms with Crippen molar-refractivity contribution in [2.75, 3.05) is 18.9 Å². The molecule has 2 unspecified atom stereocenters. The zero-order chi connectivity index (χ0) is 35.5. The molecule has 5 aromatic rings. The van der Waals surface area contributed by atoms with Gasteiger partial charge in [-0.15, -0.1) is 0 Å². The normalized spacial score (nSPS) is 12.9. The number of rotatable bonds is 12. The molecule has 2 aromatic heterocycles. The third-order valence-corrected chi connectivity index (χ3v) is 9.00. The Morgan fingerprint density at radius 2 is 1.73 bits per heavy atom. The number of aliphatic hydroxyl groups is 1. The zero-order valence-electron chi connectivity index (χ0n) is 29.3. The highest BCUT2D eigenvalue weighted by molar-refractivity contribution is 5.98. The van der Waals surface area contributed by atoms with Crippen LogP contribution in [-0.2, 0) is 13.5 Å². The number of hydrogen-bond donors (Lipinski definition) is 3. The van der Waals surface area contributed by atoms with E-state index in [9.17, 15) is 14.7 Å². The first-order valence-corrected chi connectivity index (χ1v) is 16.5. The predicted molar refractivity (Wildman–Crippen MR) is 194 cm³/mol. The Balaban J connectivity index is 1.28. The van der Waals surface area contributed by atoms with E-state index in [-0.39, 0.29) is 47.2 Å². The highest BCUT2D eigenvalue weighted by Gasteiger charge is 2.23. The number of nitrogens with one attached hydrogen (secondary N) is 1. The number of carbonyl (C=O) groups excluding carboxylic acids is 1. The quantitative estimate of drug-likeness (QED) is 0.145. The van der Waals surface area contributed by atoms with Gasteiger partial charge < -0.3 is 20.9 Å². The number of anilines is 1. The van der Waals surface area contributed by atoms with Gasteiger partial charge in [-0.25, -0.2) is 14.6 Å². The lowest BCUT2D eigenvalue weighted by Gasteiger charge is -2.29. The topological polar surface area (TPSA) is 137 Å². The standard InChI is InChI=1S/C39H46N6O4/c1-24-10-8-12-30(18-24)45-38(48)35(25(2)44(45)7)34(47)19-27-14-16-28(17-15-27)36-37(40)42-22-33(43-36)29-11-9-13-32(20-29)49-23-31(46)21-41-26(3)39(4,5)6/h8-18,20,22,26,31,41,46H,19,21,23H2,1-7H3,(H2,40,42). The van der Waals surface area contributed by atoms with Crippen LogP contribution in [0.4, 0.5) is 5.82 Å². The highest BCUT2D eigenvalue weighted by atomic mass is 16.5. The van der Waals surface area contributed by atoms with Crippen molar-refractivity contribution in [1.29, 1.82) is 0 Å². The van der Waals surface area contributed by atoms with Gasteiger partial charge in [0.05, 0.1) is 17.6 Å². The number of aliphatic hydroxyl groups excluding tert-OH is 1. The van der Waals surface area contributed by atoms with Gasteiger partial charge in [0, 0.05) is 42.9 Å². The van der Waals surface area contributed by atoms with Crippen LogP contribution in [0.25, 0.3) is 28.2 Å². The van der Waals surface area contributed by atoms with Crippen LogP contribution in [0, 0.1) is 19.3 Å². The summed E-state index contributed by atoms with van der Waals surface area (Å²) < 4.78 is 9.16. The molecule has 5 rings (SSSR count). The van der Waals surface area contributed by atoms with Gasteiger partial charge in [-0.1, -0.05) is 69.3 Å². The molecule has 3 aromatic carbocycles. The van der Waals surface area contributed by atoms with Gasteiger partial charge in [-0.05, 0) is 61.6 Å². The van der Waals surface area contributed by atoms with Crippen LogP contribution in [0.15, 0.2) is 83.8 Å². The van der Waals surface area contributed by atoms with E-state index in [1.54, 1.807) is 24.9 Å². The van der Waals surface area contributed by atoms with E-state index >= 15 is 0 Å². The Morgan fingerprint density at radius 3 is 2.43 bits per heavy atom. The molecule has 0 aliphatic rings. The number of nitrogens with two attached hydrogens (primary N) is 1. The number of carbonyl (C=O) groups is 1. The fourth-order valence-electron chi connectivity index (χ4n) is 5.50. The van der Waals surface area contributed by atoms with E-state index in [4.69, 9.17) is 15.5 Å². The summed E-state index contributed by atoms with van der Waals surface area (Å²) in [5.41, 5.74) is 12.0.